The van der Waals surface area contributed by atoms with Gasteiger partial charge in [-0.25, -0.2) is 9.38 Å². The molecule has 0 aromatic heterocycles. The van der Waals surface area contributed by atoms with Crippen molar-refractivity contribution >= 4 is 35.8 Å². The van der Waals surface area contributed by atoms with E-state index < -0.39 is 5.91 Å². The first-order chi connectivity index (χ1) is 14.5. The van der Waals surface area contributed by atoms with Gasteiger partial charge >= 0.3 is 0 Å². The number of hydrogen-bond acceptors (Lipinski definition) is 3. The van der Waals surface area contributed by atoms with Crippen LogP contribution in [-0.2, 0) is 6.54 Å². The van der Waals surface area contributed by atoms with Crippen molar-refractivity contribution in [2.24, 2.45) is 16.6 Å². The first-order valence-electron chi connectivity index (χ1n) is 10.3. The zero-order valence-corrected chi connectivity index (χ0v) is 20.2. The van der Waals surface area contributed by atoms with Crippen LogP contribution in [0.15, 0.2) is 47.5 Å². The molecule has 3 rings (SSSR count). The van der Waals surface area contributed by atoms with Crippen molar-refractivity contribution < 1.29 is 13.9 Å². The third kappa shape index (κ3) is 7.68. The maximum atomic E-state index is 14.4. The first kappa shape index (κ1) is 24.9. The molecule has 1 aliphatic carbocycles. The highest BCUT2D eigenvalue weighted by Crippen LogP contribution is 2.30. The van der Waals surface area contributed by atoms with Crippen LogP contribution in [0.5, 0.6) is 5.75 Å². The van der Waals surface area contributed by atoms with E-state index in [1.54, 1.807) is 24.3 Å². The number of amides is 1. The van der Waals surface area contributed by atoms with Gasteiger partial charge in [0, 0.05) is 12.1 Å². The van der Waals surface area contributed by atoms with Gasteiger partial charge in [-0.2, -0.15) is 0 Å². The number of nitrogens with one attached hydrogen (secondary N) is 2. The van der Waals surface area contributed by atoms with Crippen LogP contribution in [0, 0.1) is 11.7 Å². The normalized spacial score (nSPS) is 14.4. The van der Waals surface area contributed by atoms with Crippen LogP contribution in [0.4, 0.5) is 4.39 Å². The van der Waals surface area contributed by atoms with Gasteiger partial charge in [-0.1, -0.05) is 18.2 Å². The van der Waals surface area contributed by atoms with Crippen LogP contribution < -0.4 is 21.1 Å². The lowest BCUT2D eigenvalue weighted by Crippen LogP contribution is -2.38. The number of hydrogen-bond donors (Lipinski definition) is 3. The molecule has 0 saturated heterocycles. The van der Waals surface area contributed by atoms with E-state index in [4.69, 9.17) is 10.5 Å². The molecule has 0 radical (unpaired) electrons. The quantitative estimate of drug-likeness (QED) is 0.254. The van der Waals surface area contributed by atoms with Gasteiger partial charge in [0.05, 0.1) is 19.2 Å². The molecule has 2 aromatic rings. The molecule has 0 spiro atoms. The molecular formula is C23H30FIN4O2. The lowest BCUT2D eigenvalue weighted by Gasteiger charge is -2.19. The molecule has 1 fully saturated rings. The fourth-order valence-corrected chi connectivity index (χ4v) is 3.00. The van der Waals surface area contributed by atoms with Crippen LogP contribution in [0.3, 0.4) is 0 Å². The number of carbonyl (C=O) groups is 1. The van der Waals surface area contributed by atoms with Gasteiger partial charge in [-0.05, 0) is 68.0 Å². The van der Waals surface area contributed by atoms with Gasteiger partial charge in [0.1, 0.15) is 0 Å². The number of nitrogens with two attached hydrogens (primary N) is 1. The molecule has 1 unspecified atom stereocenters. The highest BCUT2D eigenvalue weighted by Gasteiger charge is 2.22. The molecule has 8 heteroatoms. The Kier molecular flexibility index (Phi) is 9.54. The van der Waals surface area contributed by atoms with E-state index >= 15 is 0 Å². The van der Waals surface area contributed by atoms with Gasteiger partial charge in [0.15, 0.2) is 17.5 Å². The molecule has 1 amide bonds. The van der Waals surface area contributed by atoms with Crippen LogP contribution in [0.2, 0.25) is 0 Å². The number of aliphatic imine (C=N–C) groups is 1. The molecule has 2 aromatic carbocycles. The second kappa shape index (κ2) is 11.9. The zero-order valence-electron chi connectivity index (χ0n) is 17.9. The van der Waals surface area contributed by atoms with Crippen LogP contribution in [-0.4, -0.2) is 25.0 Å². The van der Waals surface area contributed by atoms with Crippen molar-refractivity contribution in [3.63, 3.8) is 0 Å². The Morgan fingerprint density at radius 1 is 1.29 bits per heavy atom. The van der Waals surface area contributed by atoms with Crippen molar-refractivity contribution in [2.45, 2.75) is 39.3 Å². The minimum atomic E-state index is -0.467. The second-order valence-electron chi connectivity index (χ2n) is 7.57. The van der Waals surface area contributed by atoms with Crippen LogP contribution >= 0.6 is 24.0 Å². The number of guanidine groups is 1. The van der Waals surface area contributed by atoms with Crippen molar-refractivity contribution in [1.29, 1.82) is 0 Å². The molecule has 6 nitrogen and oxygen atoms in total. The van der Waals surface area contributed by atoms with Crippen LogP contribution in [0.25, 0.3) is 0 Å². The van der Waals surface area contributed by atoms with Gasteiger partial charge in [-0.3, -0.25) is 4.79 Å². The highest BCUT2D eigenvalue weighted by atomic mass is 127. The second-order valence-corrected chi connectivity index (χ2v) is 7.57. The van der Waals surface area contributed by atoms with E-state index in [1.165, 1.54) is 18.9 Å². The number of nitrogens with zero attached hydrogens (tertiary/aromatic N) is 1. The predicted molar refractivity (Wildman–Crippen MR) is 131 cm³/mol. The molecule has 1 atom stereocenters. The van der Waals surface area contributed by atoms with Crippen molar-refractivity contribution in [2.75, 3.05) is 13.2 Å². The summed E-state index contributed by atoms with van der Waals surface area (Å²) in [4.78, 5) is 15.9. The molecule has 168 valence electrons. The molecule has 31 heavy (non-hydrogen) atoms. The summed E-state index contributed by atoms with van der Waals surface area (Å²) in [6.07, 6.45) is 2.33. The third-order valence-corrected chi connectivity index (χ3v) is 4.96. The monoisotopic (exact) mass is 540 g/mol. The van der Waals surface area contributed by atoms with Gasteiger partial charge in [0.2, 0.25) is 5.91 Å². The van der Waals surface area contributed by atoms with Gasteiger partial charge in [-0.15, -0.1) is 24.0 Å². The minimum Gasteiger partial charge on any atom is -0.490 e. The summed E-state index contributed by atoms with van der Waals surface area (Å²) in [5.41, 5.74) is 7.46. The Labute approximate surface area is 199 Å². The van der Waals surface area contributed by atoms with E-state index in [9.17, 15) is 9.18 Å². The maximum Gasteiger partial charge on any atom is 0.248 e. The number of halogens is 2. The molecule has 4 N–H and O–H groups in total. The standard InChI is InChI=1S/C23H29FN4O2.HI/c1-3-26-23(27-13-17-5-4-6-19(11-17)22(25)29)28-15(2)18-9-10-21(20(24)12-18)30-14-16-7-8-16;/h4-6,9-12,15-16H,3,7-8,13-14H2,1-2H3,(H2,25,29)(H2,26,27,28);1H. The van der Waals surface area contributed by atoms with E-state index in [0.29, 0.717) is 42.9 Å². The zero-order chi connectivity index (χ0) is 21.5. The summed E-state index contributed by atoms with van der Waals surface area (Å²) in [5.74, 6) is 0.655. The highest BCUT2D eigenvalue weighted by molar-refractivity contribution is 14.0. The molecule has 0 heterocycles. The first-order valence-corrected chi connectivity index (χ1v) is 10.3. The summed E-state index contributed by atoms with van der Waals surface area (Å²) in [7, 11) is 0. The Bertz CT molecular complexity index is 918. The third-order valence-electron chi connectivity index (χ3n) is 4.96. The van der Waals surface area contributed by atoms with E-state index in [2.05, 4.69) is 15.6 Å². The fraction of sp³-hybridized carbons (Fsp3) is 0.391. The Balaban J connectivity index is 0.00000341. The number of carbonyl (C=O) groups excluding carboxylic acids is 1. The van der Waals surface area contributed by atoms with E-state index in [0.717, 1.165) is 11.1 Å². The number of primary amides is 1. The topological polar surface area (TPSA) is 88.7 Å². The number of benzene rings is 2. The van der Waals surface area contributed by atoms with E-state index in [-0.39, 0.29) is 35.8 Å². The minimum absolute atomic E-state index is 0. The van der Waals surface area contributed by atoms with Crippen molar-refractivity contribution in [1.82, 2.24) is 10.6 Å². The SMILES string of the molecule is CCNC(=NCc1cccc(C(N)=O)c1)NC(C)c1ccc(OCC2CC2)c(F)c1.I. The lowest BCUT2D eigenvalue weighted by molar-refractivity contribution is 0.1000. The van der Waals surface area contributed by atoms with Gasteiger partial charge < -0.3 is 21.1 Å². The van der Waals surface area contributed by atoms with Crippen molar-refractivity contribution in [3.8, 4) is 5.75 Å². The summed E-state index contributed by atoms with van der Waals surface area (Å²) >= 11 is 0. The molecule has 0 aliphatic heterocycles. The van der Waals surface area contributed by atoms with Crippen molar-refractivity contribution in [3.05, 3.63) is 65.0 Å². The summed E-state index contributed by atoms with van der Waals surface area (Å²) in [5, 5.41) is 6.47. The maximum absolute atomic E-state index is 14.4. The summed E-state index contributed by atoms with van der Waals surface area (Å²) in [6.45, 7) is 5.56. The Morgan fingerprint density at radius 3 is 2.71 bits per heavy atom. The Hall–Kier alpha value is -2.36. The Morgan fingerprint density at radius 2 is 2.06 bits per heavy atom. The molecule has 0 bridgehead atoms. The largest absolute Gasteiger partial charge is 0.490 e. The smallest absolute Gasteiger partial charge is 0.248 e. The predicted octanol–water partition coefficient (Wildman–Crippen LogP) is 4.15. The lowest BCUT2D eigenvalue weighted by atomic mass is 10.1. The van der Waals surface area contributed by atoms with E-state index in [1.807, 2.05) is 26.0 Å². The molecule has 1 saturated carbocycles. The summed E-state index contributed by atoms with van der Waals surface area (Å²) in [6, 6.07) is 12.0. The summed E-state index contributed by atoms with van der Waals surface area (Å²) < 4.78 is 20.0. The fourth-order valence-electron chi connectivity index (χ4n) is 3.00. The number of rotatable bonds is 9. The molecule has 1 aliphatic rings. The number of ether oxygens (including phenoxy) is 1. The average Bonchev–Trinajstić information content (AvgIpc) is 3.56. The van der Waals surface area contributed by atoms with Gasteiger partial charge in [0.25, 0.3) is 0 Å². The molecular weight excluding hydrogens is 510 g/mol. The average molecular weight is 540 g/mol. The van der Waals surface area contributed by atoms with Crippen LogP contribution in [0.1, 0.15) is 54.2 Å².